The summed E-state index contributed by atoms with van der Waals surface area (Å²) in [6.45, 7) is 5.40. The van der Waals surface area contributed by atoms with Crippen LogP contribution in [0.4, 0.5) is 0 Å². The molecule has 174 valence electrons. The molecule has 0 aromatic rings. The number of hydrogen-bond acceptors (Lipinski definition) is 11. The molecule has 5 atom stereocenters. The van der Waals surface area contributed by atoms with Gasteiger partial charge in [0.05, 0.1) is 19.6 Å². The molecule has 11 nitrogen and oxygen atoms in total. The lowest BCUT2D eigenvalue weighted by Gasteiger charge is -2.23. The molecule has 0 fully saturated rings. The summed E-state index contributed by atoms with van der Waals surface area (Å²) in [6.07, 6.45) is -1.38. The highest BCUT2D eigenvalue weighted by molar-refractivity contribution is 5.95. The van der Waals surface area contributed by atoms with E-state index in [1.54, 1.807) is 27.9 Å². The van der Waals surface area contributed by atoms with E-state index in [-0.39, 0.29) is 19.6 Å². The number of cyclic esters (lactones) is 3. The lowest BCUT2D eigenvalue weighted by molar-refractivity contribution is -0.171. The smallest absolute Gasteiger partial charge is 0.350 e. The van der Waals surface area contributed by atoms with Crippen LogP contribution < -0.4 is 0 Å². The van der Waals surface area contributed by atoms with Gasteiger partial charge in [0.25, 0.3) is 0 Å². The Bertz CT molecular complexity index is 691. The van der Waals surface area contributed by atoms with E-state index in [1.165, 1.54) is 6.08 Å². The van der Waals surface area contributed by atoms with Crippen LogP contribution >= 0.6 is 0 Å². The SMILES string of the molecule is COCCOCO[C@@H]1/C=C/C(=O)O[C@@H](C)CC(=O)O[C@@H](C)C2=NO[C@H](C2)C(=O)O[C@H]1C. The second-order valence-electron chi connectivity index (χ2n) is 7.12. The van der Waals surface area contributed by atoms with Crippen molar-refractivity contribution in [1.29, 1.82) is 0 Å². The minimum absolute atomic E-state index is 0.109. The minimum atomic E-state index is -0.960. The number of nitrogens with zero attached hydrogens (tertiary/aromatic N) is 1. The van der Waals surface area contributed by atoms with Crippen molar-refractivity contribution in [3.63, 3.8) is 0 Å². The second-order valence-corrected chi connectivity index (χ2v) is 7.12. The Labute approximate surface area is 180 Å². The zero-order valence-corrected chi connectivity index (χ0v) is 18.1. The summed E-state index contributed by atoms with van der Waals surface area (Å²) in [5.41, 5.74) is 0.402. The van der Waals surface area contributed by atoms with E-state index in [2.05, 4.69) is 5.16 Å². The summed E-state index contributed by atoms with van der Waals surface area (Å²) in [4.78, 5) is 41.8. The van der Waals surface area contributed by atoms with Gasteiger partial charge in [-0.05, 0) is 26.8 Å². The van der Waals surface area contributed by atoms with Crippen LogP contribution in [0.1, 0.15) is 33.6 Å². The zero-order valence-electron chi connectivity index (χ0n) is 18.1. The largest absolute Gasteiger partial charge is 0.459 e. The summed E-state index contributed by atoms with van der Waals surface area (Å²) in [5, 5.41) is 3.84. The summed E-state index contributed by atoms with van der Waals surface area (Å²) < 4.78 is 31.7. The van der Waals surface area contributed by atoms with Gasteiger partial charge < -0.3 is 33.3 Å². The highest BCUT2D eigenvalue weighted by atomic mass is 16.7. The van der Waals surface area contributed by atoms with Crippen molar-refractivity contribution in [2.45, 2.75) is 64.1 Å². The van der Waals surface area contributed by atoms with Crippen LogP contribution in [-0.2, 0) is 47.6 Å². The fraction of sp³-hybridized carbons (Fsp3) is 0.700. The molecule has 2 aliphatic heterocycles. The Morgan fingerprint density at radius 3 is 2.58 bits per heavy atom. The number of ether oxygens (including phenoxy) is 6. The minimum Gasteiger partial charge on any atom is -0.459 e. The van der Waals surface area contributed by atoms with E-state index < -0.39 is 48.4 Å². The molecule has 2 heterocycles. The molecule has 2 bridgehead atoms. The number of oxime groups is 1. The predicted molar refractivity (Wildman–Crippen MR) is 105 cm³/mol. The quantitative estimate of drug-likeness (QED) is 0.253. The summed E-state index contributed by atoms with van der Waals surface area (Å²) in [6, 6.07) is 0. The molecule has 31 heavy (non-hydrogen) atoms. The van der Waals surface area contributed by atoms with Gasteiger partial charge in [0.15, 0.2) is 0 Å². The van der Waals surface area contributed by atoms with Crippen LogP contribution in [0, 0.1) is 0 Å². The van der Waals surface area contributed by atoms with Crippen LogP contribution in [0.25, 0.3) is 0 Å². The third-order valence-electron chi connectivity index (χ3n) is 4.47. The zero-order chi connectivity index (χ0) is 22.8. The first-order valence-corrected chi connectivity index (χ1v) is 9.99. The Hall–Kier alpha value is -2.50. The molecule has 0 amide bonds. The average molecular weight is 443 g/mol. The van der Waals surface area contributed by atoms with Crippen molar-refractivity contribution >= 4 is 23.6 Å². The van der Waals surface area contributed by atoms with Crippen LogP contribution in [-0.4, -0.2) is 81.3 Å². The second kappa shape index (κ2) is 12.4. The predicted octanol–water partition coefficient (Wildman–Crippen LogP) is 0.892. The molecule has 0 radical (unpaired) electrons. The number of hydrogen-bond donors (Lipinski definition) is 0. The number of carbonyl (C=O) groups excluding carboxylic acids is 3. The number of rotatable bonds is 6. The van der Waals surface area contributed by atoms with Crippen LogP contribution in [0.3, 0.4) is 0 Å². The maximum absolute atomic E-state index is 12.5. The molecule has 0 saturated heterocycles. The average Bonchev–Trinajstić information content (AvgIpc) is 3.19. The normalized spacial score (nSPS) is 31.2. The van der Waals surface area contributed by atoms with E-state index in [4.69, 9.17) is 33.3 Å². The van der Waals surface area contributed by atoms with Crippen LogP contribution in [0.5, 0.6) is 0 Å². The van der Waals surface area contributed by atoms with Gasteiger partial charge in [0.1, 0.15) is 36.9 Å². The third-order valence-corrected chi connectivity index (χ3v) is 4.47. The maximum Gasteiger partial charge on any atom is 0.350 e. The third kappa shape index (κ3) is 8.27. The maximum atomic E-state index is 12.5. The summed E-state index contributed by atoms with van der Waals surface area (Å²) in [5.74, 6) is -1.91. The standard InChI is InChI=1S/C20H29NO10/c1-12-9-19(23)29-13(2)15-10-17(31-21-15)20(24)30-14(3)16(5-6-18(22)28-12)27-11-26-8-7-25-4/h5-6,12-14,16-17H,7-11H2,1-4H3/b6-5+/t12-,13-,14-,16+,17+/m0/s1. The highest BCUT2D eigenvalue weighted by Crippen LogP contribution is 2.19. The molecule has 0 aromatic carbocycles. The van der Waals surface area contributed by atoms with Crippen molar-refractivity contribution in [3.05, 3.63) is 12.2 Å². The molecule has 0 unspecified atom stereocenters. The Morgan fingerprint density at radius 1 is 1.06 bits per heavy atom. The Morgan fingerprint density at radius 2 is 1.84 bits per heavy atom. The van der Waals surface area contributed by atoms with E-state index in [1.807, 2.05) is 0 Å². The summed E-state index contributed by atoms with van der Waals surface area (Å²) in [7, 11) is 1.55. The van der Waals surface area contributed by atoms with Crippen molar-refractivity contribution in [2.75, 3.05) is 27.1 Å². The van der Waals surface area contributed by atoms with Gasteiger partial charge in [-0.1, -0.05) is 5.16 Å². The molecular formula is C20H29NO10. The van der Waals surface area contributed by atoms with Crippen molar-refractivity contribution in [1.82, 2.24) is 0 Å². The number of carbonyl (C=O) groups is 3. The van der Waals surface area contributed by atoms with E-state index in [9.17, 15) is 14.4 Å². The van der Waals surface area contributed by atoms with Gasteiger partial charge in [-0.3, -0.25) is 4.79 Å². The molecule has 0 aliphatic carbocycles. The fourth-order valence-electron chi connectivity index (χ4n) is 2.76. The molecule has 0 spiro atoms. The molecule has 0 saturated carbocycles. The first-order chi connectivity index (χ1) is 14.8. The van der Waals surface area contributed by atoms with Crippen molar-refractivity contribution in [2.24, 2.45) is 5.16 Å². The van der Waals surface area contributed by atoms with E-state index in [0.717, 1.165) is 6.08 Å². The van der Waals surface area contributed by atoms with Gasteiger partial charge >= 0.3 is 17.9 Å². The number of fused-ring (bicyclic) bond motifs is 2. The van der Waals surface area contributed by atoms with Gasteiger partial charge in [-0.15, -0.1) is 0 Å². The monoisotopic (exact) mass is 443 g/mol. The first-order valence-electron chi connectivity index (χ1n) is 9.99. The van der Waals surface area contributed by atoms with Gasteiger partial charge in [-0.25, -0.2) is 9.59 Å². The van der Waals surface area contributed by atoms with Crippen LogP contribution in [0.15, 0.2) is 17.3 Å². The molecule has 11 heteroatoms. The highest BCUT2D eigenvalue weighted by Gasteiger charge is 2.35. The van der Waals surface area contributed by atoms with Gasteiger partial charge in [-0.2, -0.15) is 0 Å². The topological polar surface area (TPSA) is 128 Å². The Balaban J connectivity index is 2.11. The first kappa shape index (κ1) is 24.8. The van der Waals surface area contributed by atoms with Crippen LogP contribution in [0.2, 0.25) is 0 Å². The molecular weight excluding hydrogens is 414 g/mol. The lowest BCUT2D eigenvalue weighted by atomic mass is 10.1. The molecule has 0 N–H and O–H groups in total. The fourth-order valence-corrected chi connectivity index (χ4v) is 2.76. The molecule has 2 rings (SSSR count). The van der Waals surface area contributed by atoms with Crippen molar-refractivity contribution in [3.8, 4) is 0 Å². The van der Waals surface area contributed by atoms with Crippen molar-refractivity contribution < 1.29 is 47.6 Å². The Kier molecular flexibility index (Phi) is 9.89. The molecule has 2 aliphatic rings. The number of esters is 3. The van der Waals surface area contributed by atoms with E-state index in [0.29, 0.717) is 18.9 Å². The molecule has 0 aromatic heterocycles. The lowest BCUT2D eigenvalue weighted by Crippen LogP contribution is -2.35. The number of methoxy groups -OCH3 is 1. The van der Waals surface area contributed by atoms with E-state index >= 15 is 0 Å². The van der Waals surface area contributed by atoms with Gasteiger partial charge in [0.2, 0.25) is 6.10 Å². The summed E-state index contributed by atoms with van der Waals surface area (Å²) >= 11 is 0. The van der Waals surface area contributed by atoms with Gasteiger partial charge in [0, 0.05) is 19.6 Å².